The lowest BCUT2D eigenvalue weighted by Gasteiger charge is -2.34. The van der Waals surface area contributed by atoms with Gasteiger partial charge in [0.15, 0.2) is 12.4 Å². The van der Waals surface area contributed by atoms with Crippen molar-refractivity contribution in [2.45, 2.75) is 51.0 Å². The summed E-state index contributed by atoms with van der Waals surface area (Å²) in [5.74, 6) is -1.49. The Labute approximate surface area is 137 Å². The van der Waals surface area contributed by atoms with Gasteiger partial charge >= 0.3 is 5.97 Å². The second-order valence-corrected chi connectivity index (χ2v) is 5.39. The van der Waals surface area contributed by atoms with E-state index in [1.807, 2.05) is 0 Å². The minimum Gasteiger partial charge on any atom is -0.479 e. The largest absolute Gasteiger partial charge is 0.479 e. The second-order valence-electron chi connectivity index (χ2n) is 5.39. The number of hydrogen-bond donors (Lipinski definition) is 4. The summed E-state index contributed by atoms with van der Waals surface area (Å²) in [7, 11) is 0. The number of carbonyl (C=O) groups is 2. The number of aliphatic carboxylic acids is 1. The third-order valence-electron chi connectivity index (χ3n) is 3.38. The van der Waals surface area contributed by atoms with Crippen LogP contribution in [0.15, 0.2) is 6.20 Å². The number of carbonyl (C=O) groups excluding carboxylic acids is 1. The smallest absolute Gasteiger partial charge is 0.335 e. The minimum absolute atomic E-state index is 0.0904. The number of nitrogens with zero attached hydrogens (tertiary/aromatic N) is 3. The molecule has 134 valence electrons. The summed E-state index contributed by atoms with van der Waals surface area (Å²) >= 11 is 0. The molecule has 1 fully saturated rings. The predicted molar refractivity (Wildman–Crippen MR) is 76.4 cm³/mol. The maximum absolute atomic E-state index is 10.9. The molecule has 11 nitrogen and oxygen atoms in total. The predicted octanol–water partition coefficient (Wildman–Crippen LogP) is -2.15. The zero-order valence-corrected chi connectivity index (χ0v) is 13.0. The van der Waals surface area contributed by atoms with Crippen molar-refractivity contribution in [2.75, 3.05) is 6.61 Å². The van der Waals surface area contributed by atoms with E-state index in [0.717, 1.165) is 0 Å². The molecule has 11 heteroatoms. The van der Waals surface area contributed by atoms with E-state index in [1.165, 1.54) is 11.6 Å². The Morgan fingerprint density at radius 2 is 2.21 bits per heavy atom. The standard InChI is InChI=1S/C13H20N4O7/c1-7(18)14-5-8-6-17(16-15-8)2-3-23-13-10(20)4-9(19)11(24-13)12(21)22/h6,9-11,13,19-20H,2-5H2,1H3,(H,14,18)(H,21,22)/t9-,10+,11-,13+/m0/s1. The van der Waals surface area contributed by atoms with Gasteiger partial charge in [0.25, 0.3) is 0 Å². The average molecular weight is 344 g/mol. The number of hydrogen-bond acceptors (Lipinski definition) is 8. The van der Waals surface area contributed by atoms with Crippen LogP contribution in [0, 0.1) is 0 Å². The lowest BCUT2D eigenvalue weighted by atomic mass is 10.0. The van der Waals surface area contributed by atoms with Crippen LogP contribution in [0.1, 0.15) is 19.0 Å². The van der Waals surface area contributed by atoms with E-state index in [1.54, 1.807) is 6.20 Å². The highest BCUT2D eigenvalue weighted by molar-refractivity contribution is 5.73. The summed E-state index contributed by atoms with van der Waals surface area (Å²) in [6.45, 7) is 2.04. The minimum atomic E-state index is -1.44. The van der Waals surface area contributed by atoms with Crippen molar-refractivity contribution in [3.8, 4) is 0 Å². The van der Waals surface area contributed by atoms with E-state index < -0.39 is 30.6 Å². The molecule has 0 aliphatic carbocycles. The van der Waals surface area contributed by atoms with Crippen molar-refractivity contribution in [2.24, 2.45) is 0 Å². The molecular formula is C13H20N4O7. The van der Waals surface area contributed by atoms with E-state index in [4.69, 9.17) is 14.6 Å². The molecule has 4 N–H and O–H groups in total. The molecule has 0 spiro atoms. The fraction of sp³-hybridized carbons (Fsp3) is 0.692. The van der Waals surface area contributed by atoms with Gasteiger partial charge in [-0.1, -0.05) is 5.21 Å². The third kappa shape index (κ3) is 4.96. The molecule has 24 heavy (non-hydrogen) atoms. The normalized spacial score (nSPS) is 27.0. The molecule has 1 aromatic rings. The summed E-state index contributed by atoms with van der Waals surface area (Å²) in [6, 6.07) is 0. The lowest BCUT2D eigenvalue weighted by molar-refractivity contribution is -0.265. The molecule has 1 saturated heterocycles. The number of aliphatic hydroxyl groups is 2. The molecule has 1 aliphatic heterocycles. The van der Waals surface area contributed by atoms with E-state index in [0.29, 0.717) is 12.2 Å². The molecule has 0 aromatic carbocycles. The van der Waals surface area contributed by atoms with Crippen LogP contribution in [0.5, 0.6) is 0 Å². The van der Waals surface area contributed by atoms with Crippen LogP contribution in [0.4, 0.5) is 0 Å². The number of nitrogens with one attached hydrogen (secondary N) is 1. The molecule has 2 heterocycles. The Bertz CT molecular complexity index is 578. The van der Waals surface area contributed by atoms with E-state index in [-0.39, 0.29) is 25.5 Å². The first-order valence-electron chi connectivity index (χ1n) is 7.36. The second kappa shape index (κ2) is 8.15. The van der Waals surface area contributed by atoms with Crippen molar-refractivity contribution in [3.05, 3.63) is 11.9 Å². The summed E-state index contributed by atoms with van der Waals surface area (Å²) in [5.41, 5.74) is 0.577. The fourth-order valence-corrected chi connectivity index (χ4v) is 2.19. The van der Waals surface area contributed by atoms with Gasteiger partial charge in [0.05, 0.1) is 32.0 Å². The molecule has 4 atom stereocenters. The summed E-state index contributed by atoms with van der Waals surface area (Å²) in [4.78, 5) is 21.8. The fourth-order valence-electron chi connectivity index (χ4n) is 2.19. The van der Waals surface area contributed by atoms with Gasteiger partial charge in [-0.2, -0.15) is 0 Å². The molecule has 0 unspecified atom stereocenters. The van der Waals surface area contributed by atoms with E-state index in [9.17, 15) is 19.8 Å². The van der Waals surface area contributed by atoms with Crippen molar-refractivity contribution < 1.29 is 34.4 Å². The maximum Gasteiger partial charge on any atom is 0.335 e. The van der Waals surface area contributed by atoms with E-state index in [2.05, 4.69) is 15.6 Å². The number of carboxylic acid groups (broad SMARTS) is 1. The Balaban J connectivity index is 1.78. The van der Waals surface area contributed by atoms with Crippen molar-refractivity contribution in [3.63, 3.8) is 0 Å². The van der Waals surface area contributed by atoms with Crippen LogP contribution in [0.25, 0.3) is 0 Å². The monoisotopic (exact) mass is 344 g/mol. The van der Waals surface area contributed by atoms with Crippen LogP contribution in [-0.4, -0.2) is 73.4 Å². The lowest BCUT2D eigenvalue weighted by Crippen LogP contribution is -2.51. The van der Waals surface area contributed by atoms with Crippen LogP contribution >= 0.6 is 0 Å². The first kappa shape index (κ1) is 18.3. The van der Waals surface area contributed by atoms with Crippen molar-refractivity contribution in [1.29, 1.82) is 0 Å². The number of aromatic nitrogens is 3. The van der Waals surface area contributed by atoms with Gasteiger partial charge in [0.1, 0.15) is 11.8 Å². The van der Waals surface area contributed by atoms with Gasteiger partial charge in [-0.3, -0.25) is 4.79 Å². The Kier molecular flexibility index (Phi) is 6.20. The first-order valence-corrected chi connectivity index (χ1v) is 7.36. The van der Waals surface area contributed by atoms with E-state index >= 15 is 0 Å². The molecule has 1 amide bonds. The third-order valence-corrected chi connectivity index (χ3v) is 3.38. The van der Waals surface area contributed by atoms with Gasteiger partial charge in [0.2, 0.25) is 5.91 Å². The number of aliphatic hydroxyl groups excluding tert-OH is 2. The van der Waals surface area contributed by atoms with Crippen LogP contribution in [0.3, 0.4) is 0 Å². The summed E-state index contributed by atoms with van der Waals surface area (Å²) in [6.07, 6.45) is -3.51. The highest BCUT2D eigenvalue weighted by atomic mass is 16.7. The van der Waals surface area contributed by atoms with Crippen molar-refractivity contribution in [1.82, 2.24) is 20.3 Å². The number of carboxylic acids is 1. The Hall–Kier alpha value is -2.08. The van der Waals surface area contributed by atoms with Gasteiger partial charge < -0.3 is 30.1 Å². The SMILES string of the molecule is CC(=O)NCc1cn(CCO[C@@H]2O[C@H](C(=O)O)[C@@H](O)C[C@H]2O)nn1. The van der Waals surface area contributed by atoms with Crippen LogP contribution in [0.2, 0.25) is 0 Å². The van der Waals surface area contributed by atoms with Gasteiger partial charge in [-0.25, -0.2) is 9.48 Å². The Morgan fingerprint density at radius 3 is 2.88 bits per heavy atom. The quantitative estimate of drug-likeness (QED) is 0.433. The molecule has 0 bridgehead atoms. The molecule has 1 aromatic heterocycles. The van der Waals surface area contributed by atoms with Gasteiger partial charge in [-0.15, -0.1) is 5.10 Å². The topological polar surface area (TPSA) is 156 Å². The Morgan fingerprint density at radius 1 is 1.46 bits per heavy atom. The summed E-state index contributed by atoms with van der Waals surface area (Å²) < 4.78 is 11.9. The molecule has 0 saturated carbocycles. The molecule has 1 aliphatic rings. The number of rotatable bonds is 7. The van der Waals surface area contributed by atoms with Crippen molar-refractivity contribution >= 4 is 11.9 Å². The maximum atomic E-state index is 10.9. The first-order chi connectivity index (χ1) is 11.4. The number of amides is 1. The van der Waals surface area contributed by atoms with Crippen LogP contribution < -0.4 is 5.32 Å². The molecular weight excluding hydrogens is 324 g/mol. The number of ether oxygens (including phenoxy) is 2. The summed E-state index contributed by atoms with van der Waals surface area (Å²) in [5, 5.41) is 38.6. The average Bonchev–Trinajstić information content (AvgIpc) is 2.95. The highest BCUT2D eigenvalue weighted by Gasteiger charge is 2.40. The van der Waals surface area contributed by atoms with Gasteiger partial charge in [-0.05, 0) is 0 Å². The van der Waals surface area contributed by atoms with Gasteiger partial charge in [0, 0.05) is 13.3 Å². The molecule has 2 rings (SSSR count). The zero-order valence-electron chi connectivity index (χ0n) is 13.0. The highest BCUT2D eigenvalue weighted by Crippen LogP contribution is 2.21. The van der Waals surface area contributed by atoms with Crippen LogP contribution in [-0.2, 0) is 32.2 Å². The molecule has 0 radical (unpaired) electrons. The zero-order chi connectivity index (χ0) is 17.7.